The predicted molar refractivity (Wildman–Crippen MR) is 343 cm³/mol. The van der Waals surface area contributed by atoms with Gasteiger partial charge in [-0.25, -0.2) is 34.7 Å². The van der Waals surface area contributed by atoms with E-state index >= 15 is 0 Å². The summed E-state index contributed by atoms with van der Waals surface area (Å²) in [5.74, 6) is -5.24. The molecule has 7 N–H and O–H groups in total. The molecule has 7 heterocycles. The Balaban J connectivity index is 1.21. The molecule has 33 heteroatoms. The lowest BCUT2D eigenvalue weighted by atomic mass is 10.0. The van der Waals surface area contributed by atoms with Crippen LogP contribution < -0.4 is 31.5 Å². The van der Waals surface area contributed by atoms with E-state index in [0.29, 0.717) is 42.6 Å². The molecule has 2 aliphatic rings. The van der Waals surface area contributed by atoms with E-state index in [1.54, 1.807) is 59.5 Å². The SMILES string of the molecule is C=C/C=C(\N=C1/Cc2nc(cs2)C(=O)N[C@@H](CC(=O)NC)c2nc(c(C)s2)C(=O)N[C@@H](C(C)C)C2=NC(C(=O)NCC(=O)N[C@@H]([C@@H](N=O)c3ccccc3)c3nc(cs3)-c3nc1cs3)C(COC)S2)c1nc(N(CCCC(=O)O)C(=O)OCCCC(=O)O)cs1. The first kappa shape index (κ1) is 67.6. The summed E-state index contributed by atoms with van der Waals surface area (Å²) in [6, 6.07) is 3.49. The number of aryl methyl sites for hydroxylation is 1. The minimum atomic E-state index is -1.19. The first-order chi connectivity index (χ1) is 43.3. The zero-order valence-corrected chi connectivity index (χ0v) is 53.9. The van der Waals surface area contributed by atoms with Crippen LogP contribution in [0.25, 0.3) is 16.4 Å². The third kappa shape index (κ3) is 17.5. The first-order valence-corrected chi connectivity index (χ1v) is 33.1. The summed E-state index contributed by atoms with van der Waals surface area (Å²) in [7, 11) is 2.93. The van der Waals surface area contributed by atoms with Crippen molar-refractivity contribution in [2.45, 2.75) is 94.8 Å². The average molecular weight is 1340 g/mol. The van der Waals surface area contributed by atoms with Crippen molar-refractivity contribution >= 4 is 138 Å². The number of thiazole rings is 5. The van der Waals surface area contributed by atoms with Gasteiger partial charge in [0.25, 0.3) is 11.8 Å². The van der Waals surface area contributed by atoms with Gasteiger partial charge in [-0.05, 0) is 37.3 Å². The summed E-state index contributed by atoms with van der Waals surface area (Å²) in [6.07, 6.45) is 1.42. The molecule has 6 atom stereocenters. The fourth-order valence-corrected chi connectivity index (χ4v) is 14.8. The number of fused-ring (bicyclic) bond motifs is 10. The van der Waals surface area contributed by atoms with Crippen molar-refractivity contribution in [3.8, 4) is 10.7 Å². The highest BCUT2D eigenvalue weighted by molar-refractivity contribution is 8.15. The lowest BCUT2D eigenvalue weighted by Gasteiger charge is -2.22. The number of carbonyl (C=O) groups is 8. The number of rotatable bonds is 20. The maximum Gasteiger partial charge on any atom is 0.415 e. The molecule has 1 aromatic carbocycles. The van der Waals surface area contributed by atoms with Crippen molar-refractivity contribution in [3.05, 3.63) is 123 Å². The maximum absolute atomic E-state index is 14.3. The standard InChI is InChI=1S/C57H62N14O13S6/c1-7-13-31(52-65-38(27-88-52)71(18-11-16-42(74)75)57(81)84-19-12-17-43(76)77)60-32-21-41-61-35(25-85-41)49(78)62-33(20-39(72)58-5)54-68-45(29(4)89-54)51(80)67-44(28(2)3)56-69-47(37(90-56)23-83-6)50(79)59-22-40(73)66-48(46(70-82)30-14-9-8-10-15-30)55-64-36(26-87-55)53-63-34(32)24-86-53/h7-10,13-15,24-28,33,37,44,46-48H,1,11-12,16-23H2,2-6H3,(H,58,72)(H,59,79)(H,62,78)(H,66,73)(H,67,80)(H,74,75)(H,76,77)/b31-13-,60-32+/t33-,37?,44-,46-,47?,48-/m0/s1. The topological polar surface area (TPSA) is 377 Å². The van der Waals surface area contributed by atoms with Crippen molar-refractivity contribution in [2.75, 3.05) is 45.4 Å². The second kappa shape index (κ2) is 31.9. The number of ether oxygens (including phenoxy) is 2. The van der Waals surface area contributed by atoms with Gasteiger partial charge in [0.1, 0.15) is 61.1 Å². The zero-order valence-electron chi connectivity index (χ0n) is 49.0. The number of nitrogens with zero attached hydrogens (tertiary/aromatic N) is 9. The van der Waals surface area contributed by atoms with Gasteiger partial charge in [-0.3, -0.25) is 43.5 Å². The molecule has 6 amide bonds. The number of aliphatic carboxylic acids is 2. The third-order valence-corrected chi connectivity index (χ3v) is 19.4. The van der Waals surface area contributed by atoms with Crippen LogP contribution in [0, 0.1) is 17.7 Å². The number of nitroso groups, excluding NO2 is 1. The van der Waals surface area contributed by atoms with Gasteiger partial charge >= 0.3 is 18.0 Å². The Morgan fingerprint density at radius 1 is 0.867 bits per heavy atom. The van der Waals surface area contributed by atoms with Gasteiger partial charge in [0.05, 0.1) is 70.7 Å². The number of carbonyl (C=O) groups excluding carboxylic acids is 6. The summed E-state index contributed by atoms with van der Waals surface area (Å²) in [6.45, 7) is 8.57. The number of nitrogens with one attached hydrogen (secondary N) is 5. The summed E-state index contributed by atoms with van der Waals surface area (Å²) in [5, 5.41) is 44.1. The number of amides is 6. The molecule has 0 aliphatic carbocycles. The highest BCUT2D eigenvalue weighted by atomic mass is 32.2. The molecule has 10 bridgehead atoms. The molecule has 0 fully saturated rings. The summed E-state index contributed by atoms with van der Waals surface area (Å²) in [5.41, 5.74) is 1.72. The molecule has 27 nitrogen and oxygen atoms in total. The maximum atomic E-state index is 14.3. The van der Waals surface area contributed by atoms with Crippen LogP contribution in [0.15, 0.2) is 85.7 Å². The molecule has 0 saturated carbocycles. The summed E-state index contributed by atoms with van der Waals surface area (Å²) < 4.78 is 10.9. The molecule has 0 radical (unpaired) electrons. The Morgan fingerprint density at radius 3 is 2.32 bits per heavy atom. The monoisotopic (exact) mass is 1340 g/mol. The van der Waals surface area contributed by atoms with Crippen LogP contribution in [-0.4, -0.2) is 151 Å². The van der Waals surface area contributed by atoms with Gasteiger partial charge in [-0.15, -0.1) is 68.4 Å². The number of methoxy groups -OCH3 is 1. The number of allylic oxidation sites excluding steroid dienone is 2. The van der Waals surface area contributed by atoms with Gasteiger partial charge in [-0.2, -0.15) is 4.91 Å². The number of aromatic nitrogens is 5. The van der Waals surface area contributed by atoms with Gasteiger partial charge in [0.15, 0.2) is 0 Å². The molecule has 474 valence electrons. The number of aliphatic imine (C=N–C) groups is 2. The first-order valence-electron chi connectivity index (χ1n) is 27.8. The smallest absolute Gasteiger partial charge is 0.415 e. The van der Waals surface area contributed by atoms with Crippen LogP contribution in [0.5, 0.6) is 0 Å². The van der Waals surface area contributed by atoms with E-state index in [-0.39, 0.29) is 102 Å². The molecule has 90 heavy (non-hydrogen) atoms. The number of thioether (sulfide) groups is 1. The van der Waals surface area contributed by atoms with Crippen LogP contribution in [0.4, 0.5) is 10.6 Å². The number of anilines is 1. The largest absolute Gasteiger partial charge is 0.481 e. The van der Waals surface area contributed by atoms with Crippen molar-refractivity contribution < 1.29 is 58.0 Å². The van der Waals surface area contributed by atoms with Crippen molar-refractivity contribution in [3.63, 3.8) is 0 Å². The van der Waals surface area contributed by atoms with Crippen molar-refractivity contribution in [1.82, 2.24) is 51.5 Å². The van der Waals surface area contributed by atoms with Gasteiger partial charge in [0.2, 0.25) is 17.7 Å². The molecule has 8 rings (SSSR count). The van der Waals surface area contributed by atoms with E-state index in [0.717, 1.165) is 50.2 Å². The second-order valence-corrected chi connectivity index (χ2v) is 26.4. The minimum Gasteiger partial charge on any atom is -0.481 e. The van der Waals surface area contributed by atoms with Crippen LogP contribution in [-0.2, 0) is 39.9 Å². The van der Waals surface area contributed by atoms with Crippen molar-refractivity contribution in [2.24, 2.45) is 21.1 Å². The highest BCUT2D eigenvalue weighted by Gasteiger charge is 2.40. The number of benzene rings is 1. The Hall–Kier alpha value is -8.34. The fourth-order valence-electron chi connectivity index (χ4n) is 9.05. The Bertz CT molecular complexity index is 3720. The summed E-state index contributed by atoms with van der Waals surface area (Å²) >= 11 is 6.94. The fraction of sp³-hybridized carbons (Fsp3) is 0.386. The number of carboxylic acid groups (broad SMARTS) is 2. The lowest BCUT2D eigenvalue weighted by Crippen LogP contribution is -2.45. The Labute approximate surface area is 539 Å². The second-order valence-electron chi connectivity index (χ2n) is 20.3. The van der Waals surface area contributed by atoms with Crippen LogP contribution in [0.2, 0.25) is 0 Å². The van der Waals surface area contributed by atoms with E-state index in [1.807, 2.05) is 13.8 Å². The average Bonchev–Trinajstić information content (AvgIpc) is 2.05. The number of hydrogen-bond donors (Lipinski definition) is 7. The Morgan fingerprint density at radius 2 is 1.61 bits per heavy atom. The van der Waals surface area contributed by atoms with Crippen LogP contribution in [0.3, 0.4) is 0 Å². The minimum absolute atomic E-state index is 0.0154. The molecule has 6 aromatic rings. The number of hydrogen-bond acceptors (Lipinski definition) is 25. The predicted octanol–water partition coefficient (Wildman–Crippen LogP) is 7.56. The highest BCUT2D eigenvalue weighted by Crippen LogP contribution is 2.38. The van der Waals surface area contributed by atoms with Crippen LogP contribution >= 0.6 is 68.4 Å². The molecule has 0 spiro atoms. The normalized spacial score (nSPS) is 19.2. The molecule has 2 unspecified atom stereocenters. The molecule has 5 aromatic heterocycles. The third-order valence-electron chi connectivity index (χ3n) is 13.5. The van der Waals surface area contributed by atoms with Gasteiger partial charge in [-0.1, -0.05) is 62.0 Å². The van der Waals surface area contributed by atoms with Crippen molar-refractivity contribution in [1.29, 1.82) is 0 Å². The van der Waals surface area contributed by atoms with E-state index in [1.165, 1.54) is 48.7 Å². The zero-order chi connectivity index (χ0) is 64.6. The van der Waals surface area contributed by atoms with Gasteiger partial charge < -0.3 is 46.3 Å². The Kier molecular flexibility index (Phi) is 24.0. The summed E-state index contributed by atoms with van der Waals surface area (Å²) in [4.78, 5) is 154. The van der Waals surface area contributed by atoms with E-state index in [9.17, 15) is 48.4 Å². The molecule has 2 aliphatic heterocycles. The number of carboxylic acids is 2. The molecule has 0 saturated heterocycles. The molecular formula is C57H62N14O13S6. The van der Waals surface area contributed by atoms with Gasteiger partial charge in [0, 0.05) is 66.4 Å². The van der Waals surface area contributed by atoms with E-state index < -0.39 is 89.6 Å². The van der Waals surface area contributed by atoms with E-state index in [4.69, 9.17) is 44.5 Å². The van der Waals surface area contributed by atoms with Crippen LogP contribution in [0.1, 0.15) is 121 Å². The quantitative estimate of drug-likeness (QED) is 0.0220. The molecular weight excluding hydrogens is 1280 g/mol. The lowest BCUT2D eigenvalue weighted by molar-refractivity contribution is -0.138. The van der Waals surface area contributed by atoms with E-state index in [2.05, 4.69) is 43.3 Å².